The van der Waals surface area contributed by atoms with Crippen molar-refractivity contribution in [3.63, 3.8) is 0 Å². The van der Waals surface area contributed by atoms with Crippen LogP contribution in [0.15, 0.2) is 41.4 Å². The molecule has 2 aromatic rings. The summed E-state index contributed by atoms with van der Waals surface area (Å²) in [5, 5.41) is 10.2. The largest absolute Gasteiger partial charge is 0.493 e. The van der Waals surface area contributed by atoms with Crippen LogP contribution >= 0.6 is 11.8 Å². The predicted molar refractivity (Wildman–Crippen MR) is 113 cm³/mol. The van der Waals surface area contributed by atoms with Crippen LogP contribution in [0.4, 0.5) is 10.5 Å². The lowest BCUT2D eigenvalue weighted by atomic mass is 10.1. The lowest BCUT2D eigenvalue weighted by Gasteiger charge is -2.18. The van der Waals surface area contributed by atoms with Crippen LogP contribution in [0.1, 0.15) is 12.5 Å². The Kier molecular flexibility index (Phi) is 6.73. The number of nitro groups is 1. The van der Waals surface area contributed by atoms with Gasteiger partial charge in [-0.05, 0) is 42.5 Å². The third kappa shape index (κ3) is 4.70. The number of esters is 1. The van der Waals surface area contributed by atoms with Crippen LogP contribution in [0, 0.1) is 10.1 Å². The number of hydrogen-bond acceptors (Lipinski definition) is 10. The first-order chi connectivity index (χ1) is 15.2. The third-order valence-corrected chi connectivity index (χ3v) is 5.27. The van der Waals surface area contributed by atoms with E-state index in [0.29, 0.717) is 28.8 Å². The van der Waals surface area contributed by atoms with E-state index >= 15 is 0 Å². The maximum atomic E-state index is 12.6. The summed E-state index contributed by atoms with van der Waals surface area (Å²) < 4.78 is 15.5. The predicted octanol–water partition coefficient (Wildman–Crippen LogP) is 3.39. The van der Waals surface area contributed by atoms with Crippen molar-refractivity contribution >= 4 is 40.6 Å². The Morgan fingerprint density at radius 2 is 1.97 bits per heavy atom. The zero-order valence-electron chi connectivity index (χ0n) is 17.1. The van der Waals surface area contributed by atoms with Crippen LogP contribution in [-0.4, -0.2) is 52.2 Å². The molecule has 3 rings (SSSR count). The number of carbonyl (C=O) groups excluding carboxylic acids is 3. The van der Waals surface area contributed by atoms with Crippen molar-refractivity contribution in [3.05, 3.63) is 57.1 Å². The summed E-state index contributed by atoms with van der Waals surface area (Å²) in [6.45, 7) is 1.41. The highest BCUT2D eigenvalue weighted by Crippen LogP contribution is 2.36. The van der Waals surface area contributed by atoms with E-state index in [0.717, 1.165) is 11.1 Å². The van der Waals surface area contributed by atoms with Crippen LogP contribution in [-0.2, 0) is 14.3 Å². The van der Waals surface area contributed by atoms with Gasteiger partial charge in [-0.1, -0.05) is 6.07 Å². The first-order valence-corrected chi connectivity index (χ1v) is 9.88. The zero-order valence-corrected chi connectivity index (χ0v) is 18.0. The van der Waals surface area contributed by atoms with E-state index in [1.54, 1.807) is 18.2 Å². The van der Waals surface area contributed by atoms with E-state index in [4.69, 9.17) is 9.47 Å². The summed E-state index contributed by atoms with van der Waals surface area (Å²) in [6, 6.07) is 6.34. The molecule has 1 aliphatic heterocycles. The van der Waals surface area contributed by atoms with E-state index in [9.17, 15) is 24.5 Å². The third-order valence-electron chi connectivity index (χ3n) is 4.38. The van der Waals surface area contributed by atoms with Gasteiger partial charge in [0.1, 0.15) is 12.2 Å². The number of benzene rings is 1. The highest BCUT2D eigenvalue weighted by Gasteiger charge is 2.41. The lowest BCUT2D eigenvalue weighted by molar-refractivity contribution is -0.385. The average Bonchev–Trinajstić information content (AvgIpc) is 3.06. The highest BCUT2D eigenvalue weighted by molar-refractivity contribution is 8.18. The molecule has 166 valence electrons. The van der Waals surface area contributed by atoms with Gasteiger partial charge in [0.15, 0.2) is 11.5 Å². The molecule has 0 saturated carbocycles. The van der Waals surface area contributed by atoms with Gasteiger partial charge in [-0.15, -0.1) is 0 Å². The van der Waals surface area contributed by atoms with Gasteiger partial charge in [0.05, 0.1) is 24.0 Å². The molecule has 1 aromatic carbocycles. The molecule has 1 aliphatic rings. The number of rotatable bonds is 7. The number of nitrogens with zero attached hydrogens (tertiary/aromatic N) is 3. The number of ether oxygens (including phenoxy) is 3. The molecule has 0 bridgehead atoms. The van der Waals surface area contributed by atoms with Crippen LogP contribution in [0.25, 0.3) is 6.08 Å². The summed E-state index contributed by atoms with van der Waals surface area (Å²) in [7, 11) is 2.59. The van der Waals surface area contributed by atoms with E-state index < -0.39 is 28.1 Å². The number of methoxy groups -OCH3 is 2. The molecule has 0 N–H and O–H groups in total. The van der Waals surface area contributed by atoms with Gasteiger partial charge >= 0.3 is 5.97 Å². The molecule has 0 aliphatic carbocycles. The quantitative estimate of drug-likeness (QED) is 0.262. The summed E-state index contributed by atoms with van der Waals surface area (Å²) in [6.07, 6.45) is 2.56. The Morgan fingerprint density at radius 1 is 1.22 bits per heavy atom. The average molecular weight is 459 g/mol. The lowest BCUT2D eigenvalue weighted by Crippen LogP contribution is -2.42. The minimum atomic E-state index is -1.04. The zero-order chi connectivity index (χ0) is 23.4. The standard InChI is InChI=1S/C20H17N3O8S/c1-11(19(25)30-3)22-18(24)16(32-20(22)26)9-12-4-6-14(15(8-12)29-2)31-17-7-5-13(10-21-17)23(27)28/h4-11H,1-3H3/b16-9-. The Hall–Kier alpha value is -3.93. The summed E-state index contributed by atoms with van der Waals surface area (Å²) in [5.74, 6) is -0.581. The van der Waals surface area contributed by atoms with Gasteiger partial charge in [-0.3, -0.25) is 24.6 Å². The normalized spacial score (nSPS) is 15.6. The second kappa shape index (κ2) is 9.47. The molecular weight excluding hydrogens is 442 g/mol. The number of hydrogen-bond donors (Lipinski definition) is 0. The Morgan fingerprint density at radius 3 is 2.56 bits per heavy atom. The SMILES string of the molecule is COC(=O)C(C)N1C(=O)S/C(=C\c2ccc(Oc3ccc([N+](=O)[O-])cn3)c(OC)c2)C1=O. The fourth-order valence-electron chi connectivity index (χ4n) is 2.75. The van der Waals surface area contributed by atoms with Crippen molar-refractivity contribution in [1.82, 2.24) is 9.88 Å². The first kappa shape index (κ1) is 22.7. The van der Waals surface area contributed by atoms with Gasteiger partial charge in [0, 0.05) is 12.1 Å². The van der Waals surface area contributed by atoms with E-state index in [1.807, 2.05) is 0 Å². The maximum absolute atomic E-state index is 12.6. The van der Waals surface area contributed by atoms with E-state index in [-0.39, 0.29) is 16.5 Å². The maximum Gasteiger partial charge on any atom is 0.328 e. The van der Waals surface area contributed by atoms with Crippen molar-refractivity contribution in [2.24, 2.45) is 0 Å². The minimum absolute atomic E-state index is 0.125. The summed E-state index contributed by atoms with van der Waals surface area (Å²) in [4.78, 5) is 51.6. The minimum Gasteiger partial charge on any atom is -0.493 e. The van der Waals surface area contributed by atoms with Gasteiger partial charge in [0.25, 0.3) is 16.8 Å². The van der Waals surface area contributed by atoms with Crippen LogP contribution in [0.2, 0.25) is 0 Å². The molecule has 0 radical (unpaired) electrons. The molecule has 12 heteroatoms. The molecule has 1 saturated heterocycles. The molecule has 2 heterocycles. The number of aromatic nitrogens is 1. The summed E-state index contributed by atoms with van der Waals surface area (Å²) >= 11 is 0.710. The molecule has 11 nitrogen and oxygen atoms in total. The Bertz CT molecular complexity index is 1120. The first-order valence-electron chi connectivity index (χ1n) is 9.06. The van der Waals surface area contributed by atoms with Gasteiger partial charge in [-0.25, -0.2) is 9.78 Å². The second-order valence-corrected chi connectivity index (χ2v) is 7.37. The fourth-order valence-corrected chi connectivity index (χ4v) is 3.66. The second-order valence-electron chi connectivity index (χ2n) is 6.37. The molecule has 32 heavy (non-hydrogen) atoms. The van der Waals surface area contributed by atoms with E-state index in [2.05, 4.69) is 9.72 Å². The number of amides is 2. The van der Waals surface area contributed by atoms with Gasteiger partial charge < -0.3 is 14.2 Å². The molecular formula is C20H17N3O8S. The molecule has 1 unspecified atom stereocenters. The monoisotopic (exact) mass is 459 g/mol. The number of thioether (sulfide) groups is 1. The molecule has 1 atom stereocenters. The van der Waals surface area contributed by atoms with Crippen molar-refractivity contribution in [3.8, 4) is 17.4 Å². The topological polar surface area (TPSA) is 138 Å². The highest BCUT2D eigenvalue weighted by atomic mass is 32.2. The fraction of sp³-hybridized carbons (Fsp3) is 0.200. The smallest absolute Gasteiger partial charge is 0.328 e. The van der Waals surface area contributed by atoms with Crippen molar-refractivity contribution in [1.29, 1.82) is 0 Å². The number of imide groups is 1. The Balaban J connectivity index is 1.82. The van der Waals surface area contributed by atoms with Crippen LogP contribution in [0.5, 0.6) is 17.4 Å². The van der Waals surface area contributed by atoms with Gasteiger partial charge in [-0.2, -0.15) is 0 Å². The number of pyridine rings is 1. The molecule has 1 fully saturated rings. The van der Waals surface area contributed by atoms with Crippen molar-refractivity contribution in [2.75, 3.05) is 14.2 Å². The van der Waals surface area contributed by atoms with Crippen LogP contribution in [0.3, 0.4) is 0 Å². The van der Waals surface area contributed by atoms with Crippen molar-refractivity contribution in [2.45, 2.75) is 13.0 Å². The number of carbonyl (C=O) groups is 3. The molecule has 1 aromatic heterocycles. The van der Waals surface area contributed by atoms with Gasteiger partial charge in [0.2, 0.25) is 5.88 Å². The Labute approximate surface area is 186 Å². The van der Waals surface area contributed by atoms with Crippen molar-refractivity contribution < 1.29 is 33.5 Å². The summed E-state index contributed by atoms with van der Waals surface area (Å²) in [5.41, 5.74) is 0.372. The van der Waals surface area contributed by atoms with E-state index in [1.165, 1.54) is 39.4 Å². The molecule has 2 amide bonds. The van der Waals surface area contributed by atoms with Crippen LogP contribution < -0.4 is 9.47 Å². The molecule has 0 spiro atoms.